The van der Waals surface area contributed by atoms with E-state index >= 15 is 0 Å². The molecule has 1 aromatic rings. The van der Waals surface area contributed by atoms with Gasteiger partial charge in [0.1, 0.15) is 0 Å². The van der Waals surface area contributed by atoms with E-state index in [4.69, 9.17) is 11.6 Å². The van der Waals surface area contributed by atoms with Gasteiger partial charge in [-0.05, 0) is 50.4 Å². The molecule has 0 aliphatic carbocycles. The van der Waals surface area contributed by atoms with Gasteiger partial charge in [0.05, 0.1) is 23.3 Å². The van der Waals surface area contributed by atoms with Gasteiger partial charge in [-0.3, -0.25) is 14.5 Å². The van der Waals surface area contributed by atoms with E-state index in [2.05, 4.69) is 10.6 Å². The van der Waals surface area contributed by atoms with Crippen molar-refractivity contribution in [3.8, 4) is 0 Å². The number of rotatable bonds is 4. The summed E-state index contributed by atoms with van der Waals surface area (Å²) >= 11 is 6.20. The molecule has 2 N–H and O–H groups in total. The van der Waals surface area contributed by atoms with Gasteiger partial charge >= 0.3 is 0 Å². The van der Waals surface area contributed by atoms with Gasteiger partial charge < -0.3 is 10.6 Å². The van der Waals surface area contributed by atoms with E-state index in [-0.39, 0.29) is 24.4 Å². The Labute approximate surface area is 136 Å². The highest BCUT2D eigenvalue weighted by Crippen LogP contribution is 2.27. The van der Waals surface area contributed by atoms with E-state index in [1.54, 1.807) is 7.05 Å². The Hall–Kier alpha value is -1.59. The zero-order chi connectivity index (χ0) is 16.3. The summed E-state index contributed by atoms with van der Waals surface area (Å²) in [6.07, 6.45) is 1.72. The highest BCUT2D eigenvalue weighted by atomic mass is 35.5. The summed E-state index contributed by atoms with van der Waals surface area (Å²) in [6, 6.07) is 3.59. The molecule has 0 radical (unpaired) electrons. The van der Waals surface area contributed by atoms with Crippen molar-refractivity contribution in [3.05, 3.63) is 28.3 Å². The number of carbonyl (C=O) groups is 2. The summed E-state index contributed by atoms with van der Waals surface area (Å²) in [6.45, 7) is 4.83. The zero-order valence-corrected chi connectivity index (χ0v) is 14.0. The number of carbonyl (C=O) groups excluding carboxylic acids is 2. The Morgan fingerprint density at radius 3 is 2.73 bits per heavy atom. The molecule has 5 nitrogen and oxygen atoms in total. The lowest BCUT2D eigenvalue weighted by Crippen LogP contribution is -2.45. The van der Waals surface area contributed by atoms with E-state index in [0.717, 1.165) is 30.5 Å². The van der Waals surface area contributed by atoms with Gasteiger partial charge in [-0.25, -0.2) is 0 Å². The van der Waals surface area contributed by atoms with Crippen LogP contribution in [-0.4, -0.2) is 42.9 Å². The Morgan fingerprint density at radius 2 is 2.09 bits per heavy atom. The number of halogens is 1. The Morgan fingerprint density at radius 1 is 1.36 bits per heavy atom. The van der Waals surface area contributed by atoms with Gasteiger partial charge in [-0.1, -0.05) is 17.7 Å². The van der Waals surface area contributed by atoms with Crippen molar-refractivity contribution in [1.29, 1.82) is 0 Å². The van der Waals surface area contributed by atoms with Crippen LogP contribution in [0.4, 0.5) is 5.69 Å². The molecule has 0 bridgehead atoms. The largest absolute Gasteiger partial charge is 0.358 e. The number of nitrogens with one attached hydrogen (secondary N) is 2. The normalized spacial score (nSPS) is 18.3. The second-order valence-electron chi connectivity index (χ2n) is 5.73. The Balaban J connectivity index is 2.03. The third-order valence-corrected chi connectivity index (χ3v) is 4.25. The lowest BCUT2D eigenvalue weighted by Gasteiger charge is -2.22. The van der Waals surface area contributed by atoms with Crippen molar-refractivity contribution in [3.63, 3.8) is 0 Å². The van der Waals surface area contributed by atoms with Gasteiger partial charge in [-0.15, -0.1) is 0 Å². The monoisotopic (exact) mass is 323 g/mol. The maximum atomic E-state index is 12.3. The molecule has 2 rings (SSSR count). The number of aryl methyl sites for hydroxylation is 2. The first kappa shape index (κ1) is 16.8. The number of amides is 2. The highest BCUT2D eigenvalue weighted by molar-refractivity contribution is 6.34. The van der Waals surface area contributed by atoms with Crippen LogP contribution in [0, 0.1) is 13.8 Å². The minimum atomic E-state index is -0.217. The predicted octanol–water partition coefficient (Wildman–Crippen LogP) is 2.11. The minimum Gasteiger partial charge on any atom is -0.358 e. The SMILES string of the molecule is CNC(=O)C1CCCN1CC(=O)Nc1c(C)cc(C)cc1Cl. The van der Waals surface area contributed by atoms with E-state index in [9.17, 15) is 9.59 Å². The fourth-order valence-electron chi connectivity index (χ4n) is 2.92. The molecule has 1 fully saturated rings. The molecule has 1 saturated heterocycles. The minimum absolute atomic E-state index is 0.0325. The number of anilines is 1. The highest BCUT2D eigenvalue weighted by Gasteiger charge is 2.31. The molecule has 22 heavy (non-hydrogen) atoms. The molecule has 1 heterocycles. The van der Waals surface area contributed by atoms with Crippen LogP contribution in [-0.2, 0) is 9.59 Å². The van der Waals surface area contributed by atoms with Crippen LogP contribution in [0.5, 0.6) is 0 Å². The van der Waals surface area contributed by atoms with E-state index in [1.807, 2.05) is 30.9 Å². The lowest BCUT2D eigenvalue weighted by atomic mass is 10.1. The van der Waals surface area contributed by atoms with E-state index in [0.29, 0.717) is 10.7 Å². The van der Waals surface area contributed by atoms with Crippen LogP contribution >= 0.6 is 11.6 Å². The summed E-state index contributed by atoms with van der Waals surface area (Å²) in [4.78, 5) is 26.0. The fourth-order valence-corrected chi connectivity index (χ4v) is 3.28. The van der Waals surface area contributed by atoms with Crippen LogP contribution in [0.2, 0.25) is 5.02 Å². The maximum Gasteiger partial charge on any atom is 0.238 e. The second kappa shape index (κ2) is 7.11. The molecule has 1 aromatic carbocycles. The van der Waals surface area contributed by atoms with Gasteiger partial charge in [-0.2, -0.15) is 0 Å². The Bertz CT molecular complexity index is 566. The van der Waals surface area contributed by atoms with Gasteiger partial charge in [0.15, 0.2) is 0 Å². The number of benzene rings is 1. The van der Waals surface area contributed by atoms with Crippen LogP contribution in [0.1, 0.15) is 24.0 Å². The van der Waals surface area contributed by atoms with Crippen molar-refractivity contribution in [2.45, 2.75) is 32.7 Å². The molecule has 0 saturated carbocycles. The van der Waals surface area contributed by atoms with Crippen molar-refractivity contribution < 1.29 is 9.59 Å². The van der Waals surface area contributed by atoms with Crippen molar-refractivity contribution in [2.24, 2.45) is 0 Å². The average Bonchev–Trinajstić information content (AvgIpc) is 2.90. The van der Waals surface area contributed by atoms with Gasteiger partial charge in [0.25, 0.3) is 0 Å². The summed E-state index contributed by atoms with van der Waals surface area (Å²) in [5, 5.41) is 6.05. The van der Waals surface area contributed by atoms with Gasteiger partial charge in [0.2, 0.25) is 11.8 Å². The number of hydrogen-bond donors (Lipinski definition) is 2. The van der Waals surface area contributed by atoms with E-state index < -0.39 is 0 Å². The van der Waals surface area contributed by atoms with Crippen LogP contribution < -0.4 is 10.6 Å². The summed E-state index contributed by atoms with van der Waals surface area (Å²) in [5.41, 5.74) is 2.63. The lowest BCUT2D eigenvalue weighted by molar-refractivity contribution is -0.126. The number of likely N-dealkylation sites (tertiary alicyclic amines) is 1. The molecule has 1 aliphatic rings. The fraction of sp³-hybridized carbons (Fsp3) is 0.500. The summed E-state index contributed by atoms with van der Waals surface area (Å²) in [5.74, 6) is -0.181. The molecule has 0 aromatic heterocycles. The Kier molecular flexibility index (Phi) is 5.42. The number of likely N-dealkylation sites (N-methyl/N-ethyl adjacent to an activating group) is 1. The molecular formula is C16H22ClN3O2. The molecule has 2 amide bonds. The first-order valence-corrected chi connectivity index (χ1v) is 7.82. The van der Waals surface area contributed by atoms with E-state index in [1.165, 1.54) is 0 Å². The third-order valence-electron chi connectivity index (χ3n) is 3.96. The maximum absolute atomic E-state index is 12.3. The summed E-state index contributed by atoms with van der Waals surface area (Å²) < 4.78 is 0. The second-order valence-corrected chi connectivity index (χ2v) is 6.14. The number of hydrogen-bond acceptors (Lipinski definition) is 3. The van der Waals surface area contributed by atoms with Gasteiger partial charge in [0, 0.05) is 7.05 Å². The molecule has 6 heteroatoms. The first-order chi connectivity index (χ1) is 10.4. The average molecular weight is 324 g/mol. The smallest absolute Gasteiger partial charge is 0.238 e. The van der Waals surface area contributed by atoms with Crippen LogP contribution in [0.15, 0.2) is 12.1 Å². The van der Waals surface area contributed by atoms with Crippen LogP contribution in [0.25, 0.3) is 0 Å². The number of nitrogens with zero attached hydrogens (tertiary/aromatic N) is 1. The zero-order valence-electron chi connectivity index (χ0n) is 13.2. The molecule has 0 spiro atoms. The first-order valence-electron chi connectivity index (χ1n) is 7.44. The topological polar surface area (TPSA) is 61.4 Å². The molecule has 1 aliphatic heterocycles. The molecule has 120 valence electrons. The molecular weight excluding hydrogens is 302 g/mol. The van der Waals surface area contributed by atoms with Crippen molar-refractivity contribution in [2.75, 3.05) is 25.5 Å². The molecule has 1 atom stereocenters. The summed E-state index contributed by atoms with van der Waals surface area (Å²) in [7, 11) is 1.62. The van der Waals surface area contributed by atoms with Crippen molar-refractivity contribution in [1.82, 2.24) is 10.2 Å². The van der Waals surface area contributed by atoms with Crippen LogP contribution in [0.3, 0.4) is 0 Å². The third kappa shape index (κ3) is 3.78. The standard InChI is InChI=1S/C16H22ClN3O2/c1-10-7-11(2)15(12(17)8-10)19-14(21)9-20-6-4-5-13(20)16(22)18-3/h7-8,13H,4-6,9H2,1-3H3,(H,18,22)(H,19,21). The predicted molar refractivity (Wildman–Crippen MR) is 88.2 cm³/mol. The quantitative estimate of drug-likeness (QED) is 0.892. The van der Waals surface area contributed by atoms with Crippen molar-refractivity contribution >= 4 is 29.1 Å². The molecule has 1 unspecified atom stereocenters.